The molecule has 0 spiro atoms. The van der Waals surface area contributed by atoms with Gasteiger partial charge in [0.1, 0.15) is 35.5 Å². The number of ether oxygens (including phenoxy) is 1. The fraction of sp³-hybridized carbons (Fsp3) is 0.455. The highest BCUT2D eigenvalue weighted by atomic mass is 19.1. The van der Waals surface area contributed by atoms with Crippen molar-refractivity contribution in [2.45, 2.75) is 57.7 Å². The summed E-state index contributed by atoms with van der Waals surface area (Å²) in [5.74, 6) is -4.13. The van der Waals surface area contributed by atoms with Gasteiger partial charge in [-0.3, -0.25) is 19.2 Å². The van der Waals surface area contributed by atoms with E-state index in [1.807, 2.05) is 7.05 Å². The number of nitrogens with zero attached hydrogens (tertiary/aromatic N) is 4. The molecule has 4 atom stereocenters. The standard InChI is InChI=1S/C33H41F2N7O6/c1-6-24-28(40-48-39-24)31(44)38-29(30(47-5)20-8-11-22(34)12-9-20)32(45)36-25-13-10-21(18-23(25)35)19(3)27(37-26(43)7-2)33(46)42-16-14-41(4)15-17-42/h8-13,18-19,27,29-30H,6-7,14-17H2,1-5H3,(H,36,45)(H,37,43)(H,38,44)/t19-,27+,29-,30+/m0/s1. The predicted molar refractivity (Wildman–Crippen MR) is 171 cm³/mol. The molecule has 258 valence electrons. The van der Waals surface area contributed by atoms with E-state index in [-0.39, 0.29) is 35.3 Å². The molecule has 3 aromatic rings. The minimum Gasteiger partial charge on any atom is -0.374 e. The van der Waals surface area contributed by atoms with Crippen LogP contribution in [0.15, 0.2) is 47.1 Å². The number of carbonyl (C=O) groups is 4. The van der Waals surface area contributed by atoms with Crippen molar-refractivity contribution in [1.29, 1.82) is 0 Å². The van der Waals surface area contributed by atoms with E-state index in [1.54, 1.807) is 31.7 Å². The molecule has 2 aromatic carbocycles. The summed E-state index contributed by atoms with van der Waals surface area (Å²) in [6, 6.07) is 6.88. The molecule has 15 heteroatoms. The Hall–Kier alpha value is -4.76. The van der Waals surface area contributed by atoms with Gasteiger partial charge in [0.15, 0.2) is 5.69 Å². The second kappa shape index (κ2) is 16.4. The van der Waals surface area contributed by atoms with Crippen molar-refractivity contribution in [3.63, 3.8) is 0 Å². The lowest BCUT2D eigenvalue weighted by Gasteiger charge is -2.36. The lowest BCUT2D eigenvalue weighted by atomic mass is 9.91. The average Bonchev–Trinajstić information content (AvgIpc) is 3.57. The van der Waals surface area contributed by atoms with Crippen LogP contribution in [0.3, 0.4) is 0 Å². The number of likely N-dealkylation sites (N-methyl/N-ethyl adjacent to an activating group) is 1. The van der Waals surface area contributed by atoms with E-state index in [9.17, 15) is 23.6 Å². The zero-order valence-corrected chi connectivity index (χ0v) is 27.6. The number of hydrogen-bond acceptors (Lipinski definition) is 9. The first-order valence-corrected chi connectivity index (χ1v) is 15.7. The highest BCUT2D eigenvalue weighted by Gasteiger charge is 2.35. The summed E-state index contributed by atoms with van der Waals surface area (Å²) >= 11 is 0. The largest absolute Gasteiger partial charge is 0.374 e. The van der Waals surface area contributed by atoms with Gasteiger partial charge in [0, 0.05) is 45.6 Å². The van der Waals surface area contributed by atoms with Gasteiger partial charge in [-0.2, -0.15) is 0 Å². The number of halogens is 2. The second-order valence-corrected chi connectivity index (χ2v) is 11.6. The number of rotatable bonds is 13. The third kappa shape index (κ3) is 8.58. The Morgan fingerprint density at radius 1 is 0.938 bits per heavy atom. The van der Waals surface area contributed by atoms with Gasteiger partial charge in [0.2, 0.25) is 17.7 Å². The number of anilines is 1. The van der Waals surface area contributed by atoms with Gasteiger partial charge in [-0.25, -0.2) is 13.4 Å². The molecule has 4 amide bonds. The third-order valence-electron chi connectivity index (χ3n) is 8.43. The topological polar surface area (TPSA) is 159 Å². The highest BCUT2D eigenvalue weighted by molar-refractivity contribution is 6.01. The van der Waals surface area contributed by atoms with Gasteiger partial charge < -0.3 is 30.5 Å². The molecular formula is C33H41F2N7O6. The van der Waals surface area contributed by atoms with Crippen molar-refractivity contribution in [3.05, 3.63) is 76.6 Å². The summed E-state index contributed by atoms with van der Waals surface area (Å²) in [6.45, 7) is 7.54. The van der Waals surface area contributed by atoms with E-state index >= 15 is 4.39 Å². The SMILES string of the molecule is CCC(=O)N[C@@H](C(=O)N1CCN(C)CC1)[C@@H](C)c1ccc(NC(=O)[C@@H](NC(=O)c2nonc2CC)[C@H](OC)c2ccc(F)cc2)c(F)c1. The second-order valence-electron chi connectivity index (χ2n) is 11.6. The van der Waals surface area contributed by atoms with E-state index in [2.05, 4.69) is 31.2 Å². The molecule has 2 heterocycles. The molecule has 1 fully saturated rings. The maximum atomic E-state index is 15.7. The number of carbonyl (C=O) groups excluding carboxylic acids is 4. The molecule has 0 aliphatic carbocycles. The van der Waals surface area contributed by atoms with Crippen LogP contribution < -0.4 is 16.0 Å². The average molecular weight is 670 g/mol. The van der Waals surface area contributed by atoms with E-state index in [0.717, 1.165) is 0 Å². The van der Waals surface area contributed by atoms with Crippen molar-refractivity contribution >= 4 is 29.3 Å². The lowest BCUT2D eigenvalue weighted by Crippen LogP contribution is -2.55. The third-order valence-corrected chi connectivity index (χ3v) is 8.43. The van der Waals surface area contributed by atoms with E-state index in [1.165, 1.54) is 43.5 Å². The molecule has 1 saturated heterocycles. The number of aryl methyl sites for hydroxylation is 1. The molecule has 0 unspecified atom stereocenters. The first-order chi connectivity index (χ1) is 23.0. The van der Waals surface area contributed by atoms with Crippen molar-refractivity contribution in [1.82, 2.24) is 30.7 Å². The quantitative estimate of drug-likeness (QED) is 0.249. The van der Waals surface area contributed by atoms with Crippen molar-refractivity contribution < 1.29 is 37.3 Å². The molecule has 1 aromatic heterocycles. The Labute approximate surface area is 277 Å². The summed E-state index contributed by atoms with van der Waals surface area (Å²) in [4.78, 5) is 56.7. The Morgan fingerprint density at radius 3 is 2.21 bits per heavy atom. The number of hydrogen-bond donors (Lipinski definition) is 3. The van der Waals surface area contributed by atoms with Crippen molar-refractivity contribution in [2.24, 2.45) is 0 Å². The van der Waals surface area contributed by atoms with Crippen LogP contribution in [0.5, 0.6) is 0 Å². The summed E-state index contributed by atoms with van der Waals surface area (Å²) in [5.41, 5.74) is 0.706. The minimum atomic E-state index is -1.44. The van der Waals surface area contributed by atoms with Crippen LogP contribution in [-0.2, 0) is 25.5 Å². The van der Waals surface area contributed by atoms with Gasteiger partial charge in [-0.1, -0.05) is 44.1 Å². The van der Waals surface area contributed by atoms with E-state index in [4.69, 9.17) is 9.37 Å². The number of methoxy groups -OCH3 is 1. The van der Waals surface area contributed by atoms with Crippen LogP contribution in [0.1, 0.15) is 66.5 Å². The molecule has 1 aliphatic heterocycles. The smallest absolute Gasteiger partial charge is 0.276 e. The first kappa shape index (κ1) is 36.1. The maximum absolute atomic E-state index is 15.7. The fourth-order valence-electron chi connectivity index (χ4n) is 5.43. The molecule has 1 aliphatic rings. The molecule has 0 radical (unpaired) electrons. The number of aromatic nitrogens is 2. The number of piperazine rings is 1. The maximum Gasteiger partial charge on any atom is 0.276 e. The van der Waals surface area contributed by atoms with E-state index in [0.29, 0.717) is 43.7 Å². The zero-order valence-electron chi connectivity index (χ0n) is 27.6. The van der Waals surface area contributed by atoms with Crippen molar-refractivity contribution in [2.75, 3.05) is 45.7 Å². The van der Waals surface area contributed by atoms with Gasteiger partial charge in [-0.15, -0.1) is 0 Å². The Morgan fingerprint density at radius 2 is 1.60 bits per heavy atom. The van der Waals surface area contributed by atoms with Crippen LogP contribution in [0.25, 0.3) is 0 Å². The van der Waals surface area contributed by atoms with Crippen LogP contribution >= 0.6 is 0 Å². The van der Waals surface area contributed by atoms with Crippen LogP contribution in [0, 0.1) is 11.6 Å². The summed E-state index contributed by atoms with van der Waals surface area (Å²) in [7, 11) is 3.28. The molecule has 0 bridgehead atoms. The molecule has 4 rings (SSSR count). The minimum absolute atomic E-state index is 0.135. The monoisotopic (exact) mass is 669 g/mol. The van der Waals surface area contributed by atoms with Crippen molar-refractivity contribution in [3.8, 4) is 0 Å². The lowest BCUT2D eigenvalue weighted by molar-refractivity contribution is -0.138. The Kier molecular flexibility index (Phi) is 12.3. The molecule has 13 nitrogen and oxygen atoms in total. The number of benzene rings is 2. The summed E-state index contributed by atoms with van der Waals surface area (Å²) < 4.78 is 39.6. The normalized spacial score (nSPS) is 16.0. The molecule has 3 N–H and O–H groups in total. The summed E-state index contributed by atoms with van der Waals surface area (Å²) in [5, 5.41) is 15.2. The highest BCUT2D eigenvalue weighted by Crippen LogP contribution is 2.28. The first-order valence-electron chi connectivity index (χ1n) is 15.7. The number of amides is 4. The zero-order chi connectivity index (χ0) is 35.0. The fourth-order valence-corrected chi connectivity index (χ4v) is 5.43. The van der Waals surface area contributed by atoms with Gasteiger partial charge in [0.05, 0.1) is 5.69 Å². The van der Waals surface area contributed by atoms with Gasteiger partial charge in [-0.05, 0) is 54.0 Å². The predicted octanol–water partition coefficient (Wildman–Crippen LogP) is 2.81. The van der Waals surface area contributed by atoms with Gasteiger partial charge in [0.25, 0.3) is 5.91 Å². The number of nitrogens with one attached hydrogen (secondary N) is 3. The van der Waals surface area contributed by atoms with Gasteiger partial charge >= 0.3 is 0 Å². The molecular weight excluding hydrogens is 628 g/mol. The Bertz CT molecular complexity index is 1590. The molecule has 0 saturated carbocycles. The van der Waals surface area contributed by atoms with Crippen LogP contribution in [0.4, 0.5) is 14.5 Å². The van der Waals surface area contributed by atoms with E-state index < -0.39 is 47.6 Å². The molecule has 48 heavy (non-hydrogen) atoms. The summed E-state index contributed by atoms with van der Waals surface area (Å²) in [6.07, 6.45) is -0.622. The van der Waals surface area contributed by atoms with Crippen LogP contribution in [0.2, 0.25) is 0 Å². The Balaban J connectivity index is 1.59. The van der Waals surface area contributed by atoms with Crippen LogP contribution in [-0.4, -0.2) is 96.2 Å².